The van der Waals surface area contributed by atoms with E-state index in [1.807, 2.05) is 0 Å². The third kappa shape index (κ3) is 5.87. The van der Waals surface area contributed by atoms with E-state index < -0.39 is 6.09 Å². The number of anilines is 1. The Morgan fingerprint density at radius 1 is 1.00 bits per heavy atom. The van der Waals surface area contributed by atoms with Crippen LogP contribution >= 0.6 is 0 Å². The molecular formula is C22H20FN3O3. The Balaban J connectivity index is 1.47. The van der Waals surface area contributed by atoms with Crippen LogP contribution in [0.5, 0.6) is 0 Å². The summed E-state index contributed by atoms with van der Waals surface area (Å²) in [5.41, 5.74) is 9.12. The first-order valence-corrected chi connectivity index (χ1v) is 8.97. The number of alkyl carbamates (subject to hydrolysis) is 1. The van der Waals surface area contributed by atoms with Gasteiger partial charge in [-0.25, -0.2) is 9.18 Å². The van der Waals surface area contributed by atoms with Gasteiger partial charge in [-0.05, 0) is 34.9 Å². The number of carbonyl (C=O) groups excluding carboxylic acids is 2. The molecule has 7 heteroatoms. The summed E-state index contributed by atoms with van der Waals surface area (Å²) >= 11 is 0. The number of aromatic nitrogens is 1. The summed E-state index contributed by atoms with van der Waals surface area (Å²) in [5, 5.41) is 2.63. The van der Waals surface area contributed by atoms with E-state index in [2.05, 4.69) is 10.3 Å². The average Bonchev–Trinajstić information content (AvgIpc) is 2.74. The number of hydrogen-bond donors (Lipinski definition) is 2. The Labute approximate surface area is 167 Å². The Morgan fingerprint density at radius 2 is 1.69 bits per heavy atom. The summed E-state index contributed by atoms with van der Waals surface area (Å²) in [5.74, 6) is -0.398. The number of carbonyl (C=O) groups is 2. The smallest absolute Gasteiger partial charge is 0.407 e. The molecule has 3 N–H and O–H groups in total. The highest BCUT2D eigenvalue weighted by Crippen LogP contribution is 2.14. The van der Waals surface area contributed by atoms with E-state index in [1.54, 1.807) is 48.7 Å². The number of benzene rings is 2. The molecule has 0 aliphatic rings. The fraction of sp³-hybridized carbons (Fsp3) is 0.136. The van der Waals surface area contributed by atoms with Crippen LogP contribution in [0.4, 0.5) is 14.9 Å². The quantitative estimate of drug-likeness (QED) is 0.598. The lowest BCUT2D eigenvalue weighted by molar-refractivity contribution is 0.0993. The zero-order valence-electron chi connectivity index (χ0n) is 15.6. The predicted molar refractivity (Wildman–Crippen MR) is 107 cm³/mol. The van der Waals surface area contributed by atoms with E-state index >= 15 is 0 Å². The number of ether oxygens (including phenoxy) is 1. The molecule has 1 heterocycles. The maximum absolute atomic E-state index is 12.8. The van der Waals surface area contributed by atoms with Crippen LogP contribution in [0.1, 0.15) is 27.0 Å². The van der Waals surface area contributed by atoms with Crippen molar-refractivity contribution >= 4 is 17.6 Å². The molecule has 148 valence electrons. The summed E-state index contributed by atoms with van der Waals surface area (Å²) < 4.78 is 17.9. The summed E-state index contributed by atoms with van der Waals surface area (Å²) in [6.45, 7) is 0.311. The molecule has 0 saturated carbocycles. The van der Waals surface area contributed by atoms with Crippen molar-refractivity contribution in [3.8, 4) is 0 Å². The zero-order valence-corrected chi connectivity index (χ0v) is 15.6. The Kier molecular flexibility index (Phi) is 6.52. The molecule has 6 nitrogen and oxygen atoms in total. The number of nitrogens with zero attached hydrogens (tertiary/aromatic N) is 1. The molecule has 0 radical (unpaired) electrons. The van der Waals surface area contributed by atoms with Crippen molar-refractivity contribution in [2.75, 3.05) is 5.73 Å². The van der Waals surface area contributed by atoms with Crippen LogP contribution in [0.15, 0.2) is 67.0 Å². The normalized spacial score (nSPS) is 10.4. The first kappa shape index (κ1) is 20.0. The van der Waals surface area contributed by atoms with Crippen LogP contribution in [0.2, 0.25) is 0 Å². The Hall–Kier alpha value is -3.74. The maximum Gasteiger partial charge on any atom is 0.407 e. The van der Waals surface area contributed by atoms with E-state index in [0.29, 0.717) is 16.8 Å². The minimum atomic E-state index is -0.581. The highest BCUT2D eigenvalue weighted by Gasteiger charge is 2.10. The van der Waals surface area contributed by atoms with Crippen molar-refractivity contribution in [3.05, 3.63) is 95.1 Å². The van der Waals surface area contributed by atoms with Crippen molar-refractivity contribution in [2.45, 2.75) is 19.6 Å². The van der Waals surface area contributed by atoms with Gasteiger partial charge >= 0.3 is 6.09 Å². The number of halogens is 1. The first-order valence-electron chi connectivity index (χ1n) is 8.97. The molecule has 0 aliphatic heterocycles. The monoisotopic (exact) mass is 393 g/mol. The molecule has 0 atom stereocenters. The van der Waals surface area contributed by atoms with Gasteiger partial charge in [0.05, 0.1) is 11.9 Å². The molecule has 0 unspecified atom stereocenters. The van der Waals surface area contributed by atoms with Gasteiger partial charge in [0, 0.05) is 24.7 Å². The number of nitrogens with one attached hydrogen (secondary N) is 1. The van der Waals surface area contributed by atoms with Gasteiger partial charge in [0.25, 0.3) is 0 Å². The van der Waals surface area contributed by atoms with E-state index in [-0.39, 0.29) is 31.2 Å². The molecule has 0 fully saturated rings. The van der Waals surface area contributed by atoms with Crippen molar-refractivity contribution < 1.29 is 18.7 Å². The molecule has 29 heavy (non-hydrogen) atoms. The highest BCUT2D eigenvalue weighted by atomic mass is 19.1. The number of hydrogen-bond acceptors (Lipinski definition) is 5. The van der Waals surface area contributed by atoms with Crippen LogP contribution in [0, 0.1) is 5.82 Å². The van der Waals surface area contributed by atoms with Crippen LogP contribution in [0.25, 0.3) is 0 Å². The Bertz CT molecular complexity index is 989. The molecule has 0 spiro atoms. The topological polar surface area (TPSA) is 94.3 Å². The van der Waals surface area contributed by atoms with Gasteiger partial charge < -0.3 is 15.8 Å². The first-order chi connectivity index (χ1) is 14.0. The third-order valence-corrected chi connectivity index (χ3v) is 4.29. The summed E-state index contributed by atoms with van der Waals surface area (Å²) in [6, 6.07) is 14.4. The minimum absolute atomic E-state index is 0.0533. The maximum atomic E-state index is 12.8. The predicted octanol–water partition coefficient (Wildman–Crippen LogP) is 3.65. The van der Waals surface area contributed by atoms with Gasteiger partial charge in [0.15, 0.2) is 5.78 Å². The lowest BCUT2D eigenvalue weighted by atomic mass is 10.0. The van der Waals surface area contributed by atoms with Gasteiger partial charge in [-0.3, -0.25) is 9.78 Å². The van der Waals surface area contributed by atoms with Crippen LogP contribution in [0.3, 0.4) is 0 Å². The number of nitrogens with two attached hydrogens (primary N) is 1. The van der Waals surface area contributed by atoms with Crippen molar-refractivity contribution in [2.24, 2.45) is 0 Å². The van der Waals surface area contributed by atoms with Crippen molar-refractivity contribution in [1.82, 2.24) is 10.3 Å². The summed E-state index contributed by atoms with van der Waals surface area (Å²) in [7, 11) is 0. The van der Waals surface area contributed by atoms with Gasteiger partial charge in [-0.1, -0.05) is 36.4 Å². The number of Topliss-reactive ketones (excluding diaryl/α,β-unsaturated/α-hetero) is 1. The number of ketones is 1. The molecule has 3 rings (SSSR count). The Morgan fingerprint density at radius 3 is 2.38 bits per heavy atom. The van der Waals surface area contributed by atoms with Gasteiger partial charge in [-0.15, -0.1) is 0 Å². The largest absolute Gasteiger partial charge is 0.445 e. The second-order valence-electron chi connectivity index (χ2n) is 6.43. The molecule has 2 aromatic carbocycles. The van der Waals surface area contributed by atoms with Gasteiger partial charge in [0.2, 0.25) is 0 Å². The van der Waals surface area contributed by atoms with Crippen LogP contribution < -0.4 is 11.1 Å². The summed E-state index contributed by atoms with van der Waals surface area (Å²) in [4.78, 5) is 28.1. The standard InChI is InChI=1S/C22H20FN3O3/c23-19-7-3-16(4-8-19)14-29-22(28)26-12-15-1-5-17(6-2-15)21(27)11-18-9-10-25-13-20(18)24/h1-10,13H,11-12,14,24H2,(H,26,28). The average molecular weight is 393 g/mol. The van der Waals surface area contributed by atoms with E-state index in [9.17, 15) is 14.0 Å². The fourth-order valence-electron chi connectivity index (χ4n) is 2.63. The fourth-order valence-corrected chi connectivity index (χ4v) is 2.63. The molecule has 3 aromatic rings. The van der Waals surface area contributed by atoms with E-state index in [4.69, 9.17) is 10.5 Å². The number of rotatable bonds is 7. The number of amides is 1. The van der Waals surface area contributed by atoms with Crippen molar-refractivity contribution in [3.63, 3.8) is 0 Å². The second kappa shape index (κ2) is 9.45. The molecule has 0 aliphatic carbocycles. The number of pyridine rings is 1. The van der Waals surface area contributed by atoms with Crippen LogP contribution in [-0.2, 0) is 24.3 Å². The lowest BCUT2D eigenvalue weighted by Crippen LogP contribution is -2.23. The molecule has 1 amide bonds. The highest BCUT2D eigenvalue weighted by molar-refractivity contribution is 5.98. The molecular weight excluding hydrogens is 373 g/mol. The van der Waals surface area contributed by atoms with Gasteiger partial charge in [-0.2, -0.15) is 0 Å². The zero-order chi connectivity index (χ0) is 20.6. The number of nitrogen functional groups attached to an aromatic ring is 1. The summed E-state index contributed by atoms with van der Waals surface area (Å²) in [6.07, 6.45) is 2.74. The molecule has 0 bridgehead atoms. The second-order valence-corrected chi connectivity index (χ2v) is 6.43. The van der Waals surface area contributed by atoms with Crippen LogP contribution in [-0.4, -0.2) is 16.9 Å². The van der Waals surface area contributed by atoms with Crippen molar-refractivity contribution in [1.29, 1.82) is 0 Å². The lowest BCUT2D eigenvalue weighted by Gasteiger charge is -2.08. The minimum Gasteiger partial charge on any atom is -0.445 e. The van der Waals surface area contributed by atoms with E-state index in [1.165, 1.54) is 18.3 Å². The third-order valence-electron chi connectivity index (χ3n) is 4.29. The molecule has 1 aromatic heterocycles. The van der Waals surface area contributed by atoms with E-state index in [0.717, 1.165) is 11.1 Å². The molecule has 0 saturated heterocycles. The SMILES string of the molecule is Nc1cnccc1CC(=O)c1ccc(CNC(=O)OCc2ccc(F)cc2)cc1. The van der Waals surface area contributed by atoms with Gasteiger partial charge in [0.1, 0.15) is 12.4 Å².